The average molecular weight is 441 g/mol. The number of methoxy groups -OCH3 is 1. The second kappa shape index (κ2) is 8.31. The van der Waals surface area contributed by atoms with Crippen molar-refractivity contribution in [1.82, 2.24) is 19.1 Å². The monoisotopic (exact) mass is 440 g/mol. The van der Waals surface area contributed by atoms with Crippen LogP contribution < -0.4 is 16.0 Å². The van der Waals surface area contributed by atoms with Crippen molar-refractivity contribution in [1.29, 1.82) is 0 Å². The number of aromatic nitrogens is 4. The molecule has 0 saturated heterocycles. The van der Waals surface area contributed by atoms with Gasteiger partial charge in [0, 0.05) is 23.3 Å². The largest absolute Gasteiger partial charge is 0.497 e. The zero-order valence-electron chi connectivity index (χ0n) is 16.8. The summed E-state index contributed by atoms with van der Waals surface area (Å²) in [7, 11) is 1.58. The molecule has 4 aromatic rings. The van der Waals surface area contributed by atoms with Crippen LogP contribution >= 0.6 is 11.6 Å². The third-order valence-corrected chi connectivity index (χ3v) is 5.32. The molecule has 0 aliphatic carbocycles. The summed E-state index contributed by atoms with van der Waals surface area (Å²) in [6.07, 6.45) is 1.42. The number of rotatable bonds is 5. The molecule has 9 heteroatoms. The molecular weight excluding hydrogens is 423 g/mol. The maximum Gasteiger partial charge on any atom is 0.332 e. The molecule has 0 saturated carbocycles. The van der Waals surface area contributed by atoms with Crippen molar-refractivity contribution in [3.63, 3.8) is 0 Å². The fourth-order valence-electron chi connectivity index (χ4n) is 3.32. The zero-order valence-corrected chi connectivity index (χ0v) is 17.6. The number of hydrogen-bond donors (Lipinski definition) is 0. The van der Waals surface area contributed by atoms with Crippen molar-refractivity contribution in [3.05, 3.63) is 85.9 Å². The number of benzene rings is 2. The number of aryl methyl sites for hydroxylation is 1. The molecule has 0 atom stereocenters. The molecular formula is C22H18ClFN4O3. The van der Waals surface area contributed by atoms with Gasteiger partial charge in [0.05, 0.1) is 13.7 Å². The highest BCUT2D eigenvalue weighted by atomic mass is 35.5. The van der Waals surface area contributed by atoms with Crippen LogP contribution in [0, 0.1) is 5.82 Å². The standard InChI is InChI=1S/C22H18ClFN4O3/c1-3-27-20-17(11-25-19(26-20)13-5-8-16(31-2)9-6-13)21(29)28(22(27)30)12-14-4-7-15(24)10-18(14)23/h4-11H,3,12H2,1-2H3. The number of halogens is 2. The second-order valence-electron chi connectivity index (χ2n) is 6.81. The average Bonchev–Trinajstić information content (AvgIpc) is 2.78. The Bertz CT molecular complexity index is 1400. The van der Waals surface area contributed by atoms with Gasteiger partial charge >= 0.3 is 5.69 Å². The van der Waals surface area contributed by atoms with Crippen LogP contribution in [0.3, 0.4) is 0 Å². The molecule has 2 aromatic heterocycles. The molecule has 0 aliphatic heterocycles. The van der Waals surface area contributed by atoms with Gasteiger partial charge < -0.3 is 4.74 Å². The first-order valence-corrected chi connectivity index (χ1v) is 9.89. The van der Waals surface area contributed by atoms with Gasteiger partial charge in [0.15, 0.2) is 11.5 Å². The van der Waals surface area contributed by atoms with Crippen LogP contribution in [0.5, 0.6) is 5.75 Å². The molecule has 31 heavy (non-hydrogen) atoms. The van der Waals surface area contributed by atoms with Crippen LogP contribution in [0.1, 0.15) is 12.5 Å². The summed E-state index contributed by atoms with van der Waals surface area (Å²) in [4.78, 5) is 35.0. The van der Waals surface area contributed by atoms with E-state index in [1.807, 2.05) is 0 Å². The number of hydrogen-bond acceptors (Lipinski definition) is 5. The highest BCUT2D eigenvalue weighted by molar-refractivity contribution is 6.31. The summed E-state index contributed by atoms with van der Waals surface area (Å²) < 4.78 is 21.0. The first kappa shape index (κ1) is 20.7. The molecule has 0 aliphatic rings. The van der Waals surface area contributed by atoms with Gasteiger partial charge in [-0.25, -0.2) is 19.2 Å². The molecule has 7 nitrogen and oxygen atoms in total. The topological polar surface area (TPSA) is 79.0 Å². The summed E-state index contributed by atoms with van der Waals surface area (Å²) in [6, 6.07) is 11.0. The molecule has 0 radical (unpaired) electrons. The van der Waals surface area contributed by atoms with Crippen molar-refractivity contribution >= 4 is 22.6 Å². The lowest BCUT2D eigenvalue weighted by Gasteiger charge is -2.13. The van der Waals surface area contributed by atoms with E-state index in [0.717, 1.165) is 16.2 Å². The maximum atomic E-state index is 13.3. The Hall–Kier alpha value is -3.52. The Morgan fingerprint density at radius 3 is 2.48 bits per heavy atom. The molecule has 2 aromatic carbocycles. The molecule has 2 heterocycles. The maximum absolute atomic E-state index is 13.3. The van der Waals surface area contributed by atoms with Crippen LogP contribution in [0.2, 0.25) is 5.02 Å². The summed E-state index contributed by atoms with van der Waals surface area (Å²) in [5.41, 5.74) is 0.367. The highest BCUT2D eigenvalue weighted by Gasteiger charge is 2.16. The van der Waals surface area contributed by atoms with Crippen molar-refractivity contribution in [2.24, 2.45) is 0 Å². The lowest BCUT2D eigenvalue weighted by atomic mass is 10.2. The van der Waals surface area contributed by atoms with Crippen LogP contribution in [-0.4, -0.2) is 26.2 Å². The van der Waals surface area contributed by atoms with Crippen molar-refractivity contribution in [3.8, 4) is 17.1 Å². The Kier molecular flexibility index (Phi) is 5.56. The minimum Gasteiger partial charge on any atom is -0.497 e. The van der Waals surface area contributed by atoms with Crippen LogP contribution in [0.25, 0.3) is 22.4 Å². The fourth-order valence-corrected chi connectivity index (χ4v) is 3.55. The summed E-state index contributed by atoms with van der Waals surface area (Å²) in [5.74, 6) is 0.581. The minimum absolute atomic E-state index is 0.0903. The van der Waals surface area contributed by atoms with E-state index in [1.54, 1.807) is 38.3 Å². The summed E-state index contributed by atoms with van der Waals surface area (Å²) >= 11 is 6.09. The Morgan fingerprint density at radius 1 is 1.10 bits per heavy atom. The first-order chi connectivity index (χ1) is 14.9. The van der Waals surface area contributed by atoms with Crippen LogP contribution in [0.15, 0.2) is 58.3 Å². The number of fused-ring (bicyclic) bond motifs is 1. The SMILES string of the molecule is CCn1c(=O)n(Cc2ccc(F)cc2Cl)c(=O)c2cnc(-c3ccc(OC)cc3)nc21. The predicted octanol–water partition coefficient (Wildman–Crippen LogP) is 3.49. The Morgan fingerprint density at radius 2 is 1.84 bits per heavy atom. The van der Waals surface area contributed by atoms with Gasteiger partial charge in [-0.2, -0.15) is 0 Å². The van der Waals surface area contributed by atoms with Crippen LogP contribution in [0.4, 0.5) is 4.39 Å². The molecule has 0 bridgehead atoms. The molecule has 0 fully saturated rings. The van der Waals surface area contributed by atoms with Gasteiger partial charge in [0.1, 0.15) is 17.0 Å². The fraction of sp³-hybridized carbons (Fsp3) is 0.182. The van der Waals surface area contributed by atoms with E-state index in [-0.39, 0.29) is 22.6 Å². The number of nitrogens with zero attached hydrogens (tertiary/aromatic N) is 4. The van der Waals surface area contributed by atoms with Crippen molar-refractivity contribution in [2.45, 2.75) is 20.0 Å². The van der Waals surface area contributed by atoms with E-state index in [0.29, 0.717) is 23.7 Å². The first-order valence-electron chi connectivity index (χ1n) is 9.51. The van der Waals surface area contributed by atoms with Crippen molar-refractivity contribution in [2.75, 3.05) is 7.11 Å². The zero-order chi connectivity index (χ0) is 22.1. The van der Waals surface area contributed by atoms with E-state index in [1.165, 1.54) is 22.9 Å². The van der Waals surface area contributed by atoms with Gasteiger partial charge in [0.25, 0.3) is 5.56 Å². The summed E-state index contributed by atoms with van der Waals surface area (Å²) in [6.45, 7) is 1.99. The lowest BCUT2D eigenvalue weighted by Crippen LogP contribution is -2.40. The van der Waals surface area contributed by atoms with Gasteiger partial charge in [-0.1, -0.05) is 17.7 Å². The summed E-state index contributed by atoms with van der Waals surface area (Å²) in [5, 5.41) is 0.345. The third kappa shape index (κ3) is 3.82. The van der Waals surface area contributed by atoms with E-state index >= 15 is 0 Å². The minimum atomic E-state index is -0.536. The molecule has 158 valence electrons. The predicted molar refractivity (Wildman–Crippen MR) is 116 cm³/mol. The Balaban J connectivity index is 1.87. The van der Waals surface area contributed by atoms with Gasteiger partial charge in [-0.15, -0.1) is 0 Å². The van der Waals surface area contributed by atoms with Crippen molar-refractivity contribution < 1.29 is 9.13 Å². The smallest absolute Gasteiger partial charge is 0.332 e. The van der Waals surface area contributed by atoms with E-state index in [4.69, 9.17) is 16.3 Å². The number of ether oxygens (including phenoxy) is 1. The lowest BCUT2D eigenvalue weighted by molar-refractivity contribution is 0.415. The molecule has 0 N–H and O–H groups in total. The van der Waals surface area contributed by atoms with E-state index in [2.05, 4.69) is 9.97 Å². The van der Waals surface area contributed by atoms with Gasteiger partial charge in [-0.3, -0.25) is 13.9 Å². The molecule has 0 amide bonds. The quantitative estimate of drug-likeness (QED) is 0.474. The molecule has 0 spiro atoms. The second-order valence-corrected chi connectivity index (χ2v) is 7.22. The van der Waals surface area contributed by atoms with E-state index in [9.17, 15) is 14.0 Å². The van der Waals surface area contributed by atoms with Gasteiger partial charge in [-0.05, 0) is 48.9 Å². The van der Waals surface area contributed by atoms with E-state index < -0.39 is 17.1 Å². The van der Waals surface area contributed by atoms with Gasteiger partial charge in [0.2, 0.25) is 0 Å². The normalized spacial score (nSPS) is 11.1. The third-order valence-electron chi connectivity index (χ3n) is 4.97. The molecule has 4 rings (SSSR count). The Labute approximate surface area is 181 Å². The highest BCUT2D eigenvalue weighted by Crippen LogP contribution is 2.21. The van der Waals surface area contributed by atoms with Crippen LogP contribution in [-0.2, 0) is 13.1 Å². The molecule has 0 unspecified atom stereocenters.